The van der Waals surface area contributed by atoms with Gasteiger partial charge in [-0.3, -0.25) is 14.7 Å². The van der Waals surface area contributed by atoms with Gasteiger partial charge in [0.2, 0.25) is 0 Å². The highest BCUT2D eigenvalue weighted by Crippen LogP contribution is 2.57. The first-order valence-electron chi connectivity index (χ1n) is 10.2. The molecule has 6 nitrogen and oxygen atoms in total. The van der Waals surface area contributed by atoms with Crippen LogP contribution in [0.3, 0.4) is 0 Å². The molecule has 2 fully saturated rings. The molecule has 2 atom stereocenters. The van der Waals surface area contributed by atoms with E-state index in [1.807, 2.05) is 60.7 Å². The van der Waals surface area contributed by atoms with Crippen molar-refractivity contribution >= 4 is 49.9 Å². The lowest BCUT2D eigenvalue weighted by atomic mass is 9.80. The SMILES string of the molecule is O=C1NC2(c3ccccc3)N(CCS)C(=O)N(CCS)C2(c2ccccc2)N1CCS. The Morgan fingerprint density at radius 3 is 1.71 bits per heavy atom. The molecule has 1 N–H and O–H groups in total. The van der Waals surface area contributed by atoms with Gasteiger partial charge in [-0.05, 0) is 0 Å². The molecule has 0 saturated carbocycles. The molecule has 0 spiro atoms. The molecule has 2 aromatic rings. The second-order valence-corrected chi connectivity index (χ2v) is 8.79. The Hall–Kier alpha value is -1.97. The fraction of sp³-hybridized carbons (Fsp3) is 0.364. The average Bonchev–Trinajstić information content (AvgIpc) is 3.17. The maximum atomic E-state index is 13.9. The van der Waals surface area contributed by atoms with Gasteiger partial charge in [0.05, 0.1) is 0 Å². The first-order chi connectivity index (χ1) is 15.1. The summed E-state index contributed by atoms with van der Waals surface area (Å²) in [6.07, 6.45) is 0. The number of fused-ring (bicyclic) bond motifs is 1. The van der Waals surface area contributed by atoms with Gasteiger partial charge in [-0.25, -0.2) is 9.59 Å². The summed E-state index contributed by atoms with van der Waals surface area (Å²) in [5.41, 5.74) is -0.530. The first-order valence-corrected chi connectivity index (χ1v) is 12.1. The summed E-state index contributed by atoms with van der Waals surface area (Å²) in [4.78, 5) is 32.7. The standard InChI is InChI=1S/C22H26N4O2S3/c27-19-23-21(17-7-3-1-4-8-17)22(24(19)11-14-29,18-9-5-2-6-10-18)26(13-16-31)20(28)25(21)12-15-30/h1-10,29-31H,11-16H2,(H,23,27). The zero-order valence-electron chi connectivity index (χ0n) is 17.0. The second kappa shape index (κ2) is 8.88. The van der Waals surface area contributed by atoms with Gasteiger partial charge < -0.3 is 5.32 Å². The molecule has 0 aromatic heterocycles. The Kier molecular flexibility index (Phi) is 6.37. The number of hydrogen-bond donors (Lipinski definition) is 4. The zero-order valence-corrected chi connectivity index (χ0v) is 19.7. The third kappa shape index (κ3) is 3.04. The van der Waals surface area contributed by atoms with Crippen molar-refractivity contribution < 1.29 is 9.59 Å². The average molecular weight is 475 g/mol. The molecular formula is C22H26N4O2S3. The normalized spacial score (nSPS) is 25.2. The van der Waals surface area contributed by atoms with E-state index in [4.69, 9.17) is 0 Å². The Morgan fingerprint density at radius 1 is 0.677 bits per heavy atom. The van der Waals surface area contributed by atoms with Gasteiger partial charge in [-0.2, -0.15) is 37.9 Å². The monoisotopic (exact) mass is 474 g/mol. The molecular weight excluding hydrogens is 448 g/mol. The number of thiol groups is 3. The molecule has 31 heavy (non-hydrogen) atoms. The number of nitrogens with one attached hydrogen (secondary N) is 1. The fourth-order valence-electron chi connectivity index (χ4n) is 5.06. The van der Waals surface area contributed by atoms with E-state index in [0.717, 1.165) is 11.1 Å². The zero-order chi connectivity index (χ0) is 22.1. The number of nitrogens with zero attached hydrogens (tertiary/aromatic N) is 3. The van der Waals surface area contributed by atoms with Gasteiger partial charge in [0.15, 0.2) is 11.3 Å². The Morgan fingerprint density at radius 2 is 1.16 bits per heavy atom. The molecule has 4 rings (SSSR count). The minimum absolute atomic E-state index is 0.153. The van der Waals surface area contributed by atoms with E-state index in [2.05, 4.69) is 43.2 Å². The van der Waals surface area contributed by atoms with Crippen LogP contribution in [0.15, 0.2) is 60.7 Å². The molecule has 0 aliphatic carbocycles. The quantitative estimate of drug-likeness (QED) is 0.444. The predicted molar refractivity (Wildman–Crippen MR) is 132 cm³/mol. The highest BCUT2D eigenvalue weighted by atomic mass is 32.1. The van der Waals surface area contributed by atoms with Gasteiger partial charge in [-0.1, -0.05) is 60.7 Å². The molecule has 9 heteroatoms. The molecule has 0 bridgehead atoms. The molecule has 2 heterocycles. The van der Waals surface area contributed by atoms with E-state index < -0.39 is 11.3 Å². The number of carbonyl (C=O) groups is 2. The highest BCUT2D eigenvalue weighted by Gasteiger charge is 2.76. The minimum atomic E-state index is -1.13. The first kappa shape index (κ1) is 22.2. The smallest absolute Gasteiger partial charge is 0.307 e. The third-order valence-electron chi connectivity index (χ3n) is 6.02. The van der Waals surface area contributed by atoms with Crippen LogP contribution >= 0.6 is 37.9 Å². The maximum Gasteiger partial charge on any atom is 0.324 e. The minimum Gasteiger partial charge on any atom is -0.307 e. The number of benzene rings is 2. The summed E-state index contributed by atoms with van der Waals surface area (Å²) in [7, 11) is 0. The number of amides is 4. The lowest BCUT2D eigenvalue weighted by Gasteiger charge is -2.48. The summed E-state index contributed by atoms with van der Waals surface area (Å²) in [6, 6.07) is 19.1. The van der Waals surface area contributed by atoms with E-state index in [0.29, 0.717) is 36.9 Å². The predicted octanol–water partition coefficient (Wildman–Crippen LogP) is 3.24. The van der Waals surface area contributed by atoms with E-state index in [-0.39, 0.29) is 12.1 Å². The Balaban J connectivity index is 2.12. The number of hydrogen-bond acceptors (Lipinski definition) is 5. The third-order valence-corrected chi connectivity index (χ3v) is 6.62. The van der Waals surface area contributed by atoms with Gasteiger partial charge in [0, 0.05) is 48.0 Å². The van der Waals surface area contributed by atoms with Crippen LogP contribution in [0.1, 0.15) is 11.1 Å². The van der Waals surface area contributed by atoms with Crippen molar-refractivity contribution in [3.8, 4) is 0 Å². The number of rotatable bonds is 8. The van der Waals surface area contributed by atoms with E-state index in [1.165, 1.54) is 0 Å². The molecule has 2 aliphatic heterocycles. The van der Waals surface area contributed by atoms with Crippen molar-refractivity contribution in [3.05, 3.63) is 71.8 Å². The van der Waals surface area contributed by atoms with Crippen LogP contribution in [0, 0.1) is 0 Å². The summed E-state index contributed by atoms with van der Waals surface area (Å²) in [5.74, 6) is 1.38. The molecule has 4 amide bonds. The van der Waals surface area contributed by atoms with Gasteiger partial charge in [0.1, 0.15) is 0 Å². The van der Waals surface area contributed by atoms with Crippen molar-refractivity contribution in [1.82, 2.24) is 20.0 Å². The van der Waals surface area contributed by atoms with Crippen LogP contribution in [0.4, 0.5) is 9.59 Å². The lowest BCUT2D eigenvalue weighted by Crippen LogP contribution is -2.63. The van der Waals surface area contributed by atoms with Crippen LogP contribution in [0.2, 0.25) is 0 Å². The van der Waals surface area contributed by atoms with Crippen LogP contribution in [-0.4, -0.2) is 63.7 Å². The molecule has 0 radical (unpaired) electrons. The van der Waals surface area contributed by atoms with Crippen molar-refractivity contribution in [2.24, 2.45) is 0 Å². The number of carbonyl (C=O) groups excluding carboxylic acids is 2. The lowest BCUT2D eigenvalue weighted by molar-refractivity contribution is -0.0303. The summed E-state index contributed by atoms with van der Waals surface area (Å²) < 4.78 is 0. The van der Waals surface area contributed by atoms with Gasteiger partial charge in [-0.15, -0.1) is 0 Å². The van der Waals surface area contributed by atoms with Crippen molar-refractivity contribution in [2.45, 2.75) is 11.3 Å². The number of urea groups is 2. The van der Waals surface area contributed by atoms with E-state index >= 15 is 0 Å². The molecule has 164 valence electrons. The molecule has 2 saturated heterocycles. The fourth-order valence-corrected chi connectivity index (χ4v) is 5.66. The van der Waals surface area contributed by atoms with Gasteiger partial charge in [0.25, 0.3) is 0 Å². The van der Waals surface area contributed by atoms with Crippen molar-refractivity contribution in [3.63, 3.8) is 0 Å². The van der Waals surface area contributed by atoms with E-state index in [9.17, 15) is 9.59 Å². The molecule has 2 aromatic carbocycles. The molecule has 2 unspecified atom stereocenters. The van der Waals surface area contributed by atoms with Crippen LogP contribution < -0.4 is 5.32 Å². The maximum absolute atomic E-state index is 13.9. The van der Waals surface area contributed by atoms with Crippen molar-refractivity contribution in [1.29, 1.82) is 0 Å². The topological polar surface area (TPSA) is 55.9 Å². The summed E-state index contributed by atoms with van der Waals surface area (Å²) >= 11 is 13.3. The van der Waals surface area contributed by atoms with Crippen LogP contribution in [0.5, 0.6) is 0 Å². The Labute approximate surface area is 199 Å². The Bertz CT molecular complexity index is 944. The van der Waals surface area contributed by atoms with Crippen LogP contribution in [-0.2, 0) is 11.3 Å². The second-order valence-electron chi connectivity index (χ2n) is 7.45. The van der Waals surface area contributed by atoms with Crippen molar-refractivity contribution in [2.75, 3.05) is 36.9 Å². The molecule has 2 aliphatic rings. The largest absolute Gasteiger partial charge is 0.324 e. The summed E-state index contributed by atoms with van der Waals surface area (Å²) in [5, 5.41) is 3.23. The summed E-state index contributed by atoms with van der Waals surface area (Å²) in [6.45, 7) is 1.14. The van der Waals surface area contributed by atoms with E-state index in [1.54, 1.807) is 14.7 Å². The highest BCUT2D eigenvalue weighted by molar-refractivity contribution is 7.80. The van der Waals surface area contributed by atoms with Crippen LogP contribution in [0.25, 0.3) is 0 Å². The van der Waals surface area contributed by atoms with Gasteiger partial charge >= 0.3 is 12.1 Å².